The molecule has 0 saturated carbocycles. The van der Waals surface area contributed by atoms with Crippen LogP contribution in [0.5, 0.6) is 0 Å². The molecule has 7 nitrogen and oxygen atoms in total. The van der Waals surface area contributed by atoms with E-state index in [4.69, 9.17) is 5.73 Å². The van der Waals surface area contributed by atoms with Gasteiger partial charge in [0.1, 0.15) is 12.1 Å². The molecule has 0 unspecified atom stereocenters. The second kappa shape index (κ2) is 3.97. The number of carbonyl (C=O) groups excluding carboxylic acids is 1. The molecule has 82 valence electrons. The molecule has 0 saturated heterocycles. The minimum atomic E-state index is -0.583. The Morgan fingerprint density at radius 2 is 2.25 bits per heavy atom. The standard InChI is InChI=1S/C9H9N5O2/c1-16-9(15)7-8(10)14(5-13-7)6-4-11-2-3-12-6/h2-5H,10H2,1H3. The number of methoxy groups -OCH3 is 1. The van der Waals surface area contributed by atoms with E-state index < -0.39 is 5.97 Å². The van der Waals surface area contributed by atoms with E-state index in [0.29, 0.717) is 5.82 Å². The highest BCUT2D eigenvalue weighted by atomic mass is 16.5. The normalized spacial score (nSPS) is 10.1. The fourth-order valence-electron chi connectivity index (χ4n) is 1.21. The summed E-state index contributed by atoms with van der Waals surface area (Å²) >= 11 is 0. The van der Waals surface area contributed by atoms with E-state index in [1.807, 2.05) is 0 Å². The molecular weight excluding hydrogens is 210 g/mol. The molecule has 0 bridgehead atoms. The number of nitrogens with zero attached hydrogens (tertiary/aromatic N) is 4. The average molecular weight is 219 g/mol. The molecule has 0 fully saturated rings. The van der Waals surface area contributed by atoms with Crippen molar-refractivity contribution in [1.29, 1.82) is 0 Å². The Morgan fingerprint density at radius 3 is 2.88 bits per heavy atom. The van der Waals surface area contributed by atoms with Crippen LogP contribution in [-0.4, -0.2) is 32.6 Å². The first-order chi connectivity index (χ1) is 7.74. The maximum Gasteiger partial charge on any atom is 0.360 e. The summed E-state index contributed by atoms with van der Waals surface area (Å²) < 4.78 is 5.99. The van der Waals surface area contributed by atoms with Gasteiger partial charge in [-0.25, -0.2) is 14.8 Å². The molecule has 0 amide bonds. The van der Waals surface area contributed by atoms with Crippen LogP contribution in [0.15, 0.2) is 24.9 Å². The molecule has 0 atom stereocenters. The van der Waals surface area contributed by atoms with E-state index in [1.165, 1.54) is 36.6 Å². The van der Waals surface area contributed by atoms with Gasteiger partial charge in [0.05, 0.1) is 13.3 Å². The Morgan fingerprint density at radius 1 is 1.44 bits per heavy atom. The van der Waals surface area contributed by atoms with Crippen LogP contribution in [0.25, 0.3) is 5.82 Å². The van der Waals surface area contributed by atoms with Gasteiger partial charge >= 0.3 is 5.97 Å². The summed E-state index contributed by atoms with van der Waals surface area (Å²) in [5.74, 6) is 0.0788. The minimum absolute atomic E-state index is 0.0631. The number of imidazole rings is 1. The Kier molecular flexibility index (Phi) is 2.50. The van der Waals surface area contributed by atoms with Crippen LogP contribution < -0.4 is 5.73 Å². The lowest BCUT2D eigenvalue weighted by atomic mass is 10.4. The van der Waals surface area contributed by atoms with Gasteiger partial charge in [-0.3, -0.25) is 9.55 Å². The number of carbonyl (C=O) groups is 1. The predicted molar refractivity (Wildman–Crippen MR) is 54.9 cm³/mol. The fraction of sp³-hybridized carbons (Fsp3) is 0.111. The fourth-order valence-corrected chi connectivity index (χ4v) is 1.21. The Balaban J connectivity index is 2.45. The summed E-state index contributed by atoms with van der Waals surface area (Å²) in [6.45, 7) is 0. The van der Waals surface area contributed by atoms with E-state index in [1.54, 1.807) is 0 Å². The van der Waals surface area contributed by atoms with Crippen molar-refractivity contribution in [3.63, 3.8) is 0 Å². The van der Waals surface area contributed by atoms with E-state index >= 15 is 0 Å². The maximum atomic E-state index is 11.3. The summed E-state index contributed by atoms with van der Waals surface area (Å²) in [7, 11) is 1.27. The van der Waals surface area contributed by atoms with E-state index in [0.717, 1.165) is 0 Å². The van der Waals surface area contributed by atoms with E-state index in [2.05, 4.69) is 19.7 Å². The summed E-state index contributed by atoms with van der Waals surface area (Å²) in [6.07, 6.45) is 5.97. The van der Waals surface area contributed by atoms with Crippen molar-refractivity contribution in [2.45, 2.75) is 0 Å². The number of esters is 1. The molecule has 2 heterocycles. The molecule has 2 aromatic rings. The number of rotatable bonds is 2. The van der Waals surface area contributed by atoms with Gasteiger partial charge in [-0.05, 0) is 0 Å². The largest absolute Gasteiger partial charge is 0.464 e. The molecule has 0 aliphatic heterocycles. The highest BCUT2D eigenvalue weighted by Crippen LogP contribution is 2.14. The van der Waals surface area contributed by atoms with Crippen LogP contribution in [0.4, 0.5) is 5.82 Å². The molecular formula is C9H9N5O2. The molecule has 0 aliphatic carbocycles. The van der Waals surface area contributed by atoms with Gasteiger partial charge in [0.25, 0.3) is 0 Å². The number of aromatic nitrogens is 4. The lowest BCUT2D eigenvalue weighted by molar-refractivity contribution is 0.0596. The van der Waals surface area contributed by atoms with Crippen LogP contribution in [0, 0.1) is 0 Å². The zero-order chi connectivity index (χ0) is 11.5. The number of hydrogen-bond acceptors (Lipinski definition) is 6. The molecule has 16 heavy (non-hydrogen) atoms. The third-order valence-electron chi connectivity index (χ3n) is 1.98. The number of hydrogen-bond donors (Lipinski definition) is 1. The van der Waals surface area contributed by atoms with Gasteiger partial charge < -0.3 is 10.5 Å². The zero-order valence-electron chi connectivity index (χ0n) is 8.49. The molecule has 0 aliphatic rings. The van der Waals surface area contributed by atoms with Crippen molar-refractivity contribution >= 4 is 11.8 Å². The molecule has 2 N–H and O–H groups in total. The van der Waals surface area contributed by atoms with Crippen LogP contribution in [0.3, 0.4) is 0 Å². The van der Waals surface area contributed by atoms with E-state index in [-0.39, 0.29) is 11.5 Å². The lowest BCUT2D eigenvalue weighted by Gasteiger charge is -2.02. The number of ether oxygens (including phenoxy) is 1. The quantitative estimate of drug-likeness (QED) is 0.716. The number of anilines is 1. The van der Waals surface area contributed by atoms with Gasteiger partial charge in [-0.1, -0.05) is 0 Å². The maximum absolute atomic E-state index is 11.3. The summed E-state index contributed by atoms with van der Waals surface area (Å²) in [5, 5.41) is 0. The molecule has 7 heteroatoms. The molecule has 2 rings (SSSR count). The van der Waals surface area contributed by atoms with Crippen molar-refractivity contribution in [3.8, 4) is 5.82 Å². The monoisotopic (exact) mass is 219 g/mol. The van der Waals surface area contributed by atoms with Gasteiger partial charge in [-0.15, -0.1) is 0 Å². The molecule has 0 aromatic carbocycles. The summed E-state index contributed by atoms with van der Waals surface area (Å²) in [4.78, 5) is 23.1. The first-order valence-electron chi connectivity index (χ1n) is 4.41. The first kappa shape index (κ1) is 10.1. The van der Waals surface area contributed by atoms with Gasteiger partial charge in [-0.2, -0.15) is 0 Å². The molecule has 0 spiro atoms. The van der Waals surface area contributed by atoms with Gasteiger partial charge in [0, 0.05) is 12.4 Å². The highest BCUT2D eigenvalue weighted by Gasteiger charge is 2.17. The van der Waals surface area contributed by atoms with Crippen molar-refractivity contribution in [3.05, 3.63) is 30.6 Å². The zero-order valence-corrected chi connectivity index (χ0v) is 8.49. The topological polar surface area (TPSA) is 95.9 Å². The second-order valence-corrected chi connectivity index (χ2v) is 2.90. The van der Waals surface area contributed by atoms with Crippen molar-refractivity contribution in [1.82, 2.24) is 19.5 Å². The van der Waals surface area contributed by atoms with E-state index in [9.17, 15) is 4.79 Å². The second-order valence-electron chi connectivity index (χ2n) is 2.90. The third-order valence-corrected chi connectivity index (χ3v) is 1.98. The van der Waals surface area contributed by atoms with Gasteiger partial charge in [0.2, 0.25) is 0 Å². The first-order valence-corrected chi connectivity index (χ1v) is 4.41. The molecule has 0 radical (unpaired) electrons. The van der Waals surface area contributed by atoms with Crippen molar-refractivity contribution < 1.29 is 9.53 Å². The number of nitrogens with two attached hydrogens (primary N) is 1. The third kappa shape index (κ3) is 1.58. The minimum Gasteiger partial charge on any atom is -0.464 e. The SMILES string of the molecule is COC(=O)c1ncn(-c2cnccn2)c1N. The lowest BCUT2D eigenvalue weighted by Crippen LogP contribution is -2.08. The van der Waals surface area contributed by atoms with Crippen LogP contribution in [0.1, 0.15) is 10.5 Å². The Labute approximate surface area is 90.9 Å². The highest BCUT2D eigenvalue weighted by molar-refractivity contribution is 5.92. The van der Waals surface area contributed by atoms with Crippen LogP contribution in [-0.2, 0) is 4.74 Å². The number of nitrogen functional groups attached to an aromatic ring is 1. The molecule has 2 aromatic heterocycles. The average Bonchev–Trinajstić information content (AvgIpc) is 2.71. The van der Waals surface area contributed by atoms with Crippen LogP contribution >= 0.6 is 0 Å². The van der Waals surface area contributed by atoms with Crippen LogP contribution in [0.2, 0.25) is 0 Å². The summed E-state index contributed by atoms with van der Waals surface area (Å²) in [6, 6.07) is 0. The van der Waals surface area contributed by atoms with Crippen molar-refractivity contribution in [2.75, 3.05) is 12.8 Å². The smallest absolute Gasteiger partial charge is 0.360 e. The summed E-state index contributed by atoms with van der Waals surface area (Å²) in [5.41, 5.74) is 5.81. The van der Waals surface area contributed by atoms with Gasteiger partial charge in [0.15, 0.2) is 11.5 Å². The Bertz CT molecular complexity index is 508. The Hall–Kier alpha value is -2.44. The van der Waals surface area contributed by atoms with Crippen molar-refractivity contribution in [2.24, 2.45) is 0 Å². The predicted octanol–water partition coefficient (Wildman–Crippen LogP) is 0.0311.